The summed E-state index contributed by atoms with van der Waals surface area (Å²) >= 11 is 1.67. The van der Waals surface area contributed by atoms with Gasteiger partial charge >= 0.3 is 0 Å². The number of rotatable bonds is 6. The number of benzene rings is 1. The van der Waals surface area contributed by atoms with Crippen LogP contribution >= 0.6 is 11.3 Å². The number of thiophene rings is 1. The predicted octanol–water partition coefficient (Wildman–Crippen LogP) is 1.99. The number of nitrogens with zero attached hydrogens (tertiary/aromatic N) is 1. The quantitative estimate of drug-likeness (QED) is 0.556. The van der Waals surface area contributed by atoms with Crippen molar-refractivity contribution in [3.63, 3.8) is 0 Å². The molecule has 0 bridgehead atoms. The highest BCUT2D eigenvalue weighted by Crippen LogP contribution is 2.29. The normalized spacial score (nSPS) is 20.7. The minimum atomic E-state index is -0.389. The maximum Gasteiger partial charge on any atom is 0.269 e. The molecule has 0 aliphatic carbocycles. The summed E-state index contributed by atoms with van der Waals surface area (Å²) in [6.07, 6.45) is -0.262. The highest BCUT2D eigenvalue weighted by atomic mass is 32.1. The molecule has 3 N–H and O–H groups in total. The first-order valence-corrected chi connectivity index (χ1v) is 8.38. The molecule has 1 aliphatic heterocycles. The van der Waals surface area contributed by atoms with Gasteiger partial charge in [-0.05, 0) is 29.8 Å². The standard InChI is InChI=1S/C16H19N3O3S/c20-15-10-18-8-12(15)7-17-9-14-5-6-16(23-14)11-1-3-13(4-2-11)19(21)22/h1-6,12,15,17-18,20H,7-10H2. The molecule has 2 atom stereocenters. The summed E-state index contributed by atoms with van der Waals surface area (Å²) in [7, 11) is 0. The van der Waals surface area contributed by atoms with Crippen molar-refractivity contribution in [3.8, 4) is 10.4 Å². The Kier molecular flexibility index (Phi) is 5.02. The first-order valence-electron chi connectivity index (χ1n) is 7.56. The lowest BCUT2D eigenvalue weighted by Crippen LogP contribution is -2.29. The van der Waals surface area contributed by atoms with Crippen LogP contribution in [0.2, 0.25) is 0 Å². The van der Waals surface area contributed by atoms with Crippen LogP contribution in [0.5, 0.6) is 0 Å². The van der Waals surface area contributed by atoms with E-state index in [1.807, 2.05) is 6.07 Å². The number of β-amino-alcohol motifs (C(OH)–C–C–N with tert-alkyl or cyclic N) is 1. The van der Waals surface area contributed by atoms with E-state index in [4.69, 9.17) is 0 Å². The number of nitrogens with one attached hydrogen (secondary N) is 2. The lowest BCUT2D eigenvalue weighted by atomic mass is 10.1. The van der Waals surface area contributed by atoms with Gasteiger partial charge in [-0.1, -0.05) is 0 Å². The number of aliphatic hydroxyl groups is 1. The molecule has 1 aromatic carbocycles. The molecule has 2 unspecified atom stereocenters. The number of nitro groups is 1. The fourth-order valence-corrected chi connectivity index (χ4v) is 3.67. The Morgan fingerprint density at radius 1 is 1.26 bits per heavy atom. The zero-order chi connectivity index (χ0) is 16.2. The van der Waals surface area contributed by atoms with Gasteiger partial charge in [-0.3, -0.25) is 10.1 Å². The molecular weight excluding hydrogens is 314 g/mol. The third kappa shape index (κ3) is 3.94. The Bertz CT molecular complexity index is 671. The van der Waals surface area contributed by atoms with Crippen molar-refractivity contribution in [2.24, 2.45) is 5.92 Å². The second-order valence-corrected chi connectivity index (χ2v) is 6.85. The summed E-state index contributed by atoms with van der Waals surface area (Å²) in [4.78, 5) is 12.6. The molecule has 1 aromatic heterocycles. The smallest absolute Gasteiger partial charge is 0.269 e. The summed E-state index contributed by atoms with van der Waals surface area (Å²) in [6, 6.07) is 10.7. The zero-order valence-corrected chi connectivity index (χ0v) is 13.4. The van der Waals surface area contributed by atoms with E-state index in [2.05, 4.69) is 16.7 Å². The van der Waals surface area contributed by atoms with Crippen molar-refractivity contribution >= 4 is 17.0 Å². The molecule has 1 fully saturated rings. The van der Waals surface area contributed by atoms with Crippen molar-refractivity contribution in [3.05, 3.63) is 51.4 Å². The van der Waals surface area contributed by atoms with Gasteiger partial charge in [0.15, 0.2) is 0 Å². The molecule has 1 aliphatic rings. The monoisotopic (exact) mass is 333 g/mol. The van der Waals surface area contributed by atoms with E-state index >= 15 is 0 Å². The zero-order valence-electron chi connectivity index (χ0n) is 12.6. The molecule has 3 rings (SSSR count). The van der Waals surface area contributed by atoms with Crippen molar-refractivity contribution < 1.29 is 10.0 Å². The van der Waals surface area contributed by atoms with Crippen LogP contribution in [0.25, 0.3) is 10.4 Å². The summed E-state index contributed by atoms with van der Waals surface area (Å²) in [6.45, 7) is 3.09. The van der Waals surface area contributed by atoms with Crippen LogP contribution in [-0.4, -0.2) is 35.8 Å². The lowest BCUT2D eigenvalue weighted by Gasteiger charge is -2.13. The van der Waals surface area contributed by atoms with Gasteiger partial charge in [0.25, 0.3) is 5.69 Å². The first-order chi connectivity index (χ1) is 11.1. The third-order valence-electron chi connectivity index (χ3n) is 4.03. The van der Waals surface area contributed by atoms with Gasteiger partial charge in [-0.25, -0.2) is 0 Å². The number of hydrogen-bond acceptors (Lipinski definition) is 6. The lowest BCUT2D eigenvalue weighted by molar-refractivity contribution is -0.384. The van der Waals surface area contributed by atoms with Crippen LogP contribution < -0.4 is 10.6 Å². The molecule has 0 radical (unpaired) electrons. The summed E-state index contributed by atoms with van der Waals surface area (Å²) in [5, 5.41) is 27.0. The van der Waals surface area contributed by atoms with E-state index in [-0.39, 0.29) is 22.6 Å². The summed E-state index contributed by atoms with van der Waals surface area (Å²) in [5.41, 5.74) is 1.10. The highest BCUT2D eigenvalue weighted by Gasteiger charge is 2.24. The molecule has 0 amide bonds. The molecule has 7 heteroatoms. The molecule has 0 saturated carbocycles. The van der Waals surface area contributed by atoms with E-state index in [0.717, 1.165) is 30.1 Å². The van der Waals surface area contributed by atoms with Crippen molar-refractivity contribution in [1.29, 1.82) is 0 Å². The number of nitro benzene ring substituents is 1. The van der Waals surface area contributed by atoms with E-state index in [1.165, 1.54) is 17.0 Å². The van der Waals surface area contributed by atoms with Crippen molar-refractivity contribution in [2.75, 3.05) is 19.6 Å². The Morgan fingerprint density at radius 3 is 2.70 bits per heavy atom. The molecule has 6 nitrogen and oxygen atoms in total. The van der Waals surface area contributed by atoms with Crippen LogP contribution in [0.3, 0.4) is 0 Å². The second-order valence-electron chi connectivity index (χ2n) is 5.69. The fraction of sp³-hybridized carbons (Fsp3) is 0.375. The largest absolute Gasteiger partial charge is 0.391 e. The topological polar surface area (TPSA) is 87.4 Å². The van der Waals surface area contributed by atoms with Gasteiger partial charge < -0.3 is 15.7 Å². The number of hydrogen-bond donors (Lipinski definition) is 3. The SMILES string of the molecule is O=[N+]([O-])c1ccc(-c2ccc(CNCC3CNCC3O)s2)cc1. The van der Waals surface area contributed by atoms with Crippen LogP contribution in [-0.2, 0) is 6.54 Å². The van der Waals surface area contributed by atoms with Gasteiger partial charge in [0.05, 0.1) is 11.0 Å². The Balaban J connectivity index is 1.56. The fourth-order valence-electron chi connectivity index (χ4n) is 2.68. The van der Waals surface area contributed by atoms with Gasteiger partial charge in [-0.2, -0.15) is 0 Å². The van der Waals surface area contributed by atoms with Crippen LogP contribution in [0.1, 0.15) is 4.88 Å². The van der Waals surface area contributed by atoms with Crippen LogP contribution in [0.15, 0.2) is 36.4 Å². The average Bonchev–Trinajstić information content (AvgIpc) is 3.17. The van der Waals surface area contributed by atoms with Gasteiger partial charge in [0.2, 0.25) is 0 Å². The number of aliphatic hydroxyl groups excluding tert-OH is 1. The predicted molar refractivity (Wildman–Crippen MR) is 90.5 cm³/mol. The van der Waals surface area contributed by atoms with E-state index < -0.39 is 0 Å². The first kappa shape index (κ1) is 16.1. The van der Waals surface area contributed by atoms with E-state index in [0.29, 0.717) is 6.54 Å². The molecule has 1 saturated heterocycles. The Morgan fingerprint density at radius 2 is 2.04 bits per heavy atom. The average molecular weight is 333 g/mol. The van der Waals surface area contributed by atoms with Gasteiger partial charge in [-0.15, -0.1) is 11.3 Å². The van der Waals surface area contributed by atoms with Crippen LogP contribution in [0, 0.1) is 16.0 Å². The summed E-state index contributed by atoms with van der Waals surface area (Å²) in [5.74, 6) is 0.268. The maximum atomic E-state index is 10.7. The molecule has 23 heavy (non-hydrogen) atoms. The number of non-ortho nitro benzene ring substituents is 1. The van der Waals surface area contributed by atoms with Crippen molar-refractivity contribution in [1.82, 2.24) is 10.6 Å². The second kappa shape index (κ2) is 7.18. The molecular formula is C16H19N3O3S. The molecule has 0 spiro atoms. The summed E-state index contributed by atoms with van der Waals surface area (Å²) < 4.78 is 0. The minimum absolute atomic E-state index is 0.107. The molecule has 2 heterocycles. The maximum absolute atomic E-state index is 10.7. The highest BCUT2D eigenvalue weighted by molar-refractivity contribution is 7.15. The van der Waals surface area contributed by atoms with Gasteiger partial charge in [0.1, 0.15) is 0 Å². The minimum Gasteiger partial charge on any atom is -0.391 e. The van der Waals surface area contributed by atoms with E-state index in [1.54, 1.807) is 23.5 Å². The van der Waals surface area contributed by atoms with Crippen molar-refractivity contribution in [2.45, 2.75) is 12.6 Å². The molecule has 2 aromatic rings. The molecule has 122 valence electrons. The third-order valence-corrected chi connectivity index (χ3v) is 5.17. The Hall–Kier alpha value is -1.80. The Labute approximate surface area is 138 Å². The van der Waals surface area contributed by atoms with E-state index in [9.17, 15) is 15.2 Å². The van der Waals surface area contributed by atoms with Gasteiger partial charge in [0, 0.05) is 54.0 Å². The van der Waals surface area contributed by atoms with Crippen LogP contribution in [0.4, 0.5) is 5.69 Å².